The summed E-state index contributed by atoms with van der Waals surface area (Å²) in [6.45, 7) is 3.77. The molecule has 7 heteroatoms. The fraction of sp³-hybridized carbons (Fsp3) is 0.318. The van der Waals surface area contributed by atoms with Crippen LogP contribution < -0.4 is 15.0 Å². The van der Waals surface area contributed by atoms with E-state index in [4.69, 9.17) is 9.47 Å². The number of nitrogens with zero attached hydrogens (tertiary/aromatic N) is 1. The molecule has 0 unspecified atom stereocenters. The van der Waals surface area contributed by atoms with Crippen LogP contribution in [0.3, 0.4) is 0 Å². The van der Waals surface area contributed by atoms with Gasteiger partial charge in [0, 0.05) is 30.4 Å². The Morgan fingerprint density at radius 1 is 1.17 bits per heavy atom. The molecule has 3 rings (SSSR count). The third-order valence-electron chi connectivity index (χ3n) is 5.02. The molecule has 0 bridgehead atoms. The average molecular weight is 396 g/mol. The molecule has 2 aromatic rings. The lowest BCUT2D eigenvalue weighted by Crippen LogP contribution is -2.28. The maximum atomic E-state index is 12.4. The lowest BCUT2D eigenvalue weighted by Gasteiger charge is -2.20. The highest BCUT2D eigenvalue weighted by atomic mass is 16.5. The predicted octanol–water partition coefficient (Wildman–Crippen LogP) is 2.85. The molecule has 0 spiro atoms. The lowest BCUT2D eigenvalue weighted by molar-refractivity contribution is -0.151. The van der Waals surface area contributed by atoms with Gasteiger partial charge in [-0.3, -0.25) is 14.4 Å². The molecule has 1 aliphatic rings. The van der Waals surface area contributed by atoms with Crippen LogP contribution in [-0.2, 0) is 19.1 Å². The number of carbonyl (C=O) groups excluding carboxylic acids is 3. The van der Waals surface area contributed by atoms with Gasteiger partial charge in [0.05, 0.1) is 13.0 Å². The maximum Gasteiger partial charge on any atom is 0.311 e. The monoisotopic (exact) mass is 396 g/mol. The number of amides is 2. The second-order valence-electron chi connectivity index (χ2n) is 7.01. The Labute approximate surface area is 169 Å². The largest absolute Gasteiger partial charge is 0.497 e. The van der Waals surface area contributed by atoms with Crippen LogP contribution in [0.5, 0.6) is 5.75 Å². The number of aryl methyl sites for hydroxylation is 1. The minimum Gasteiger partial charge on any atom is -0.497 e. The molecule has 1 heterocycles. The summed E-state index contributed by atoms with van der Waals surface area (Å²) in [5.41, 5.74) is 3.44. The molecule has 1 fully saturated rings. The minimum absolute atomic E-state index is 0.0731. The van der Waals surface area contributed by atoms with Crippen molar-refractivity contribution in [3.05, 3.63) is 53.6 Å². The second kappa shape index (κ2) is 8.77. The summed E-state index contributed by atoms with van der Waals surface area (Å²) < 4.78 is 10.2. The highest BCUT2D eigenvalue weighted by molar-refractivity contribution is 6.00. The van der Waals surface area contributed by atoms with Gasteiger partial charge in [-0.2, -0.15) is 0 Å². The van der Waals surface area contributed by atoms with E-state index in [1.807, 2.05) is 32.0 Å². The van der Waals surface area contributed by atoms with E-state index in [0.29, 0.717) is 11.4 Å². The first-order chi connectivity index (χ1) is 13.9. The van der Waals surface area contributed by atoms with Gasteiger partial charge in [0.1, 0.15) is 5.75 Å². The van der Waals surface area contributed by atoms with Gasteiger partial charge in [0.2, 0.25) is 5.91 Å². The van der Waals surface area contributed by atoms with Crippen molar-refractivity contribution in [2.45, 2.75) is 20.3 Å². The quantitative estimate of drug-likeness (QED) is 0.759. The molecule has 0 aromatic heterocycles. The summed E-state index contributed by atoms with van der Waals surface area (Å²) in [5, 5.41) is 2.65. The zero-order chi connectivity index (χ0) is 21.0. The number of hydrogen-bond acceptors (Lipinski definition) is 5. The third kappa shape index (κ3) is 4.74. The Kier molecular flexibility index (Phi) is 6.16. The topological polar surface area (TPSA) is 84.9 Å². The van der Waals surface area contributed by atoms with Gasteiger partial charge < -0.3 is 19.7 Å². The first kappa shape index (κ1) is 20.4. The molecule has 2 amide bonds. The second-order valence-corrected chi connectivity index (χ2v) is 7.01. The number of carbonyl (C=O) groups is 3. The zero-order valence-electron chi connectivity index (χ0n) is 16.7. The van der Waals surface area contributed by atoms with Crippen LogP contribution >= 0.6 is 0 Å². The van der Waals surface area contributed by atoms with Crippen LogP contribution in [0, 0.1) is 19.8 Å². The van der Waals surface area contributed by atoms with Gasteiger partial charge in [-0.15, -0.1) is 0 Å². The number of hydrogen-bond donors (Lipinski definition) is 1. The average Bonchev–Trinajstić information content (AvgIpc) is 3.10. The van der Waals surface area contributed by atoms with E-state index in [1.54, 1.807) is 29.2 Å². The lowest BCUT2D eigenvalue weighted by atomic mass is 10.1. The normalized spacial score (nSPS) is 15.9. The number of rotatable bonds is 6. The molecule has 0 saturated carbocycles. The predicted molar refractivity (Wildman–Crippen MR) is 109 cm³/mol. The Hall–Kier alpha value is -3.35. The van der Waals surface area contributed by atoms with Crippen molar-refractivity contribution in [2.75, 3.05) is 30.5 Å². The molecule has 0 radical (unpaired) electrons. The van der Waals surface area contributed by atoms with Crippen LogP contribution in [0.2, 0.25) is 0 Å². The van der Waals surface area contributed by atoms with E-state index in [2.05, 4.69) is 5.32 Å². The van der Waals surface area contributed by atoms with Crippen molar-refractivity contribution in [3.63, 3.8) is 0 Å². The molecule has 1 atom stereocenters. The van der Waals surface area contributed by atoms with E-state index in [0.717, 1.165) is 16.8 Å². The number of anilines is 2. The van der Waals surface area contributed by atoms with Gasteiger partial charge in [-0.1, -0.05) is 18.2 Å². The summed E-state index contributed by atoms with van der Waals surface area (Å²) in [6.07, 6.45) is 0.0731. The molecule has 1 aliphatic heterocycles. The van der Waals surface area contributed by atoms with Gasteiger partial charge in [0.15, 0.2) is 6.61 Å². The Balaban J connectivity index is 1.55. The van der Waals surface area contributed by atoms with Crippen LogP contribution in [0.1, 0.15) is 17.5 Å². The van der Waals surface area contributed by atoms with Crippen molar-refractivity contribution in [1.29, 1.82) is 0 Å². The van der Waals surface area contributed by atoms with Crippen molar-refractivity contribution in [1.82, 2.24) is 0 Å². The Morgan fingerprint density at radius 3 is 2.69 bits per heavy atom. The van der Waals surface area contributed by atoms with Gasteiger partial charge in [0.25, 0.3) is 5.91 Å². The molecule has 1 N–H and O–H groups in total. The fourth-order valence-electron chi connectivity index (χ4n) is 3.28. The molecule has 2 aromatic carbocycles. The summed E-state index contributed by atoms with van der Waals surface area (Å²) in [6, 6.07) is 12.6. The minimum atomic E-state index is -0.591. The highest BCUT2D eigenvalue weighted by Crippen LogP contribution is 2.29. The summed E-state index contributed by atoms with van der Waals surface area (Å²) in [7, 11) is 1.53. The summed E-state index contributed by atoms with van der Waals surface area (Å²) in [4.78, 5) is 38.5. The molecule has 152 valence electrons. The number of benzene rings is 2. The van der Waals surface area contributed by atoms with Gasteiger partial charge in [-0.25, -0.2) is 0 Å². The molecule has 1 saturated heterocycles. The third-order valence-corrected chi connectivity index (χ3v) is 5.02. The first-order valence-corrected chi connectivity index (χ1v) is 9.36. The van der Waals surface area contributed by atoms with Gasteiger partial charge in [-0.05, 0) is 43.2 Å². The fourth-order valence-corrected chi connectivity index (χ4v) is 3.28. The molecular formula is C22H24N2O5. The molecule has 0 aliphatic carbocycles. The van der Waals surface area contributed by atoms with Crippen LogP contribution in [0.4, 0.5) is 11.4 Å². The Morgan fingerprint density at radius 2 is 1.93 bits per heavy atom. The van der Waals surface area contributed by atoms with Gasteiger partial charge >= 0.3 is 5.97 Å². The number of ether oxygens (including phenoxy) is 2. The van der Waals surface area contributed by atoms with E-state index < -0.39 is 24.4 Å². The van der Waals surface area contributed by atoms with Crippen molar-refractivity contribution in [2.24, 2.45) is 5.92 Å². The standard InChI is InChI=1S/C22H24N2O5/c1-14-6-4-9-19(15(14)2)24-12-16(10-21(24)26)22(27)29-13-20(25)23-17-7-5-8-18(11-17)28-3/h4-9,11,16H,10,12-13H2,1-3H3,(H,23,25)/t16-/m0/s1. The number of nitrogens with one attached hydrogen (secondary N) is 1. The first-order valence-electron chi connectivity index (χ1n) is 9.36. The van der Waals surface area contributed by atoms with Crippen molar-refractivity contribution in [3.8, 4) is 5.75 Å². The SMILES string of the molecule is COc1cccc(NC(=O)COC(=O)[C@H]2CC(=O)N(c3cccc(C)c3C)C2)c1. The summed E-state index contributed by atoms with van der Waals surface area (Å²) >= 11 is 0. The zero-order valence-corrected chi connectivity index (χ0v) is 16.7. The molecule has 7 nitrogen and oxygen atoms in total. The van der Waals surface area contributed by atoms with E-state index in [1.165, 1.54) is 7.11 Å². The Bertz CT molecular complexity index is 941. The van der Waals surface area contributed by atoms with Crippen LogP contribution in [-0.4, -0.2) is 38.0 Å². The van der Waals surface area contributed by atoms with Crippen molar-refractivity contribution >= 4 is 29.2 Å². The van der Waals surface area contributed by atoms with Crippen molar-refractivity contribution < 1.29 is 23.9 Å². The highest BCUT2D eigenvalue weighted by Gasteiger charge is 2.37. The van der Waals surface area contributed by atoms with E-state index in [-0.39, 0.29) is 18.9 Å². The van der Waals surface area contributed by atoms with E-state index in [9.17, 15) is 14.4 Å². The maximum absolute atomic E-state index is 12.4. The molecular weight excluding hydrogens is 372 g/mol. The summed E-state index contributed by atoms with van der Waals surface area (Å²) in [5.74, 6) is -1.11. The van der Waals surface area contributed by atoms with Crippen LogP contribution in [0.25, 0.3) is 0 Å². The number of esters is 1. The number of methoxy groups -OCH3 is 1. The van der Waals surface area contributed by atoms with Crippen LogP contribution in [0.15, 0.2) is 42.5 Å². The molecule has 29 heavy (non-hydrogen) atoms. The smallest absolute Gasteiger partial charge is 0.311 e. The van der Waals surface area contributed by atoms with E-state index >= 15 is 0 Å².